The van der Waals surface area contributed by atoms with Crippen LogP contribution in [0, 0.1) is 5.92 Å². The van der Waals surface area contributed by atoms with E-state index >= 15 is 0 Å². The van der Waals surface area contributed by atoms with Crippen LogP contribution in [0.5, 0.6) is 0 Å². The molecule has 2 aliphatic rings. The van der Waals surface area contributed by atoms with E-state index in [1.54, 1.807) is 0 Å². The summed E-state index contributed by atoms with van der Waals surface area (Å²) in [7, 11) is 0. The summed E-state index contributed by atoms with van der Waals surface area (Å²) >= 11 is 0. The fourth-order valence-corrected chi connectivity index (χ4v) is 3.23. The van der Waals surface area contributed by atoms with Crippen LogP contribution in [-0.2, 0) is 4.74 Å². The number of ether oxygens (including phenoxy) is 1. The first kappa shape index (κ1) is 14.3. The Labute approximate surface area is 112 Å². The second-order valence-electron chi connectivity index (χ2n) is 6.76. The predicted molar refractivity (Wildman–Crippen MR) is 75.9 cm³/mol. The minimum absolute atomic E-state index is 0.274. The minimum Gasteiger partial charge on any atom is -0.381 e. The van der Waals surface area contributed by atoms with Gasteiger partial charge < -0.3 is 10.1 Å². The van der Waals surface area contributed by atoms with Gasteiger partial charge in [-0.2, -0.15) is 0 Å². The van der Waals surface area contributed by atoms with Crippen LogP contribution in [0.15, 0.2) is 0 Å². The van der Waals surface area contributed by atoms with E-state index in [1.807, 2.05) is 0 Å². The monoisotopic (exact) mass is 254 g/mol. The molecule has 2 saturated heterocycles. The van der Waals surface area contributed by atoms with Gasteiger partial charge in [-0.25, -0.2) is 0 Å². The first-order valence-corrected chi connectivity index (χ1v) is 7.59. The molecule has 0 amide bonds. The maximum atomic E-state index is 5.53. The highest BCUT2D eigenvalue weighted by Crippen LogP contribution is 2.29. The number of hydrogen-bond donors (Lipinski definition) is 1. The molecule has 0 radical (unpaired) electrons. The van der Waals surface area contributed by atoms with Gasteiger partial charge in [0.25, 0.3) is 0 Å². The predicted octanol–water partition coefficient (Wildman–Crippen LogP) is 2.27. The Hall–Kier alpha value is -0.120. The van der Waals surface area contributed by atoms with Crippen molar-refractivity contribution < 1.29 is 4.74 Å². The molecule has 0 bridgehead atoms. The van der Waals surface area contributed by atoms with Crippen molar-refractivity contribution in [1.82, 2.24) is 10.2 Å². The second kappa shape index (κ2) is 5.48. The quantitative estimate of drug-likeness (QED) is 0.833. The Bertz CT molecular complexity index is 268. The summed E-state index contributed by atoms with van der Waals surface area (Å²) in [6.45, 7) is 14.8. The van der Waals surface area contributed by atoms with Crippen LogP contribution in [0.1, 0.15) is 47.0 Å². The molecule has 1 N–H and O–H groups in total. The molecule has 2 rings (SSSR count). The standard InChI is InChI=1S/C15H30N2O/c1-5-15(6-2)12-17(14(3,4)11-16-15)9-13-7-8-18-10-13/h13,16H,5-12H2,1-4H3. The van der Waals surface area contributed by atoms with Gasteiger partial charge in [-0.05, 0) is 39.0 Å². The number of nitrogens with one attached hydrogen (secondary N) is 1. The zero-order chi connectivity index (χ0) is 13.2. The fraction of sp³-hybridized carbons (Fsp3) is 1.00. The lowest BCUT2D eigenvalue weighted by molar-refractivity contribution is 0.00990. The van der Waals surface area contributed by atoms with Crippen molar-refractivity contribution in [3.8, 4) is 0 Å². The molecule has 18 heavy (non-hydrogen) atoms. The highest BCUT2D eigenvalue weighted by molar-refractivity contribution is 5.01. The van der Waals surface area contributed by atoms with Crippen molar-refractivity contribution in [3.63, 3.8) is 0 Å². The molecule has 1 atom stereocenters. The Morgan fingerprint density at radius 3 is 2.56 bits per heavy atom. The molecule has 0 aromatic heterocycles. The molecule has 2 fully saturated rings. The molecule has 1 unspecified atom stereocenters. The van der Waals surface area contributed by atoms with Gasteiger partial charge in [0.05, 0.1) is 6.61 Å². The second-order valence-corrected chi connectivity index (χ2v) is 6.76. The van der Waals surface area contributed by atoms with Gasteiger partial charge in [0.1, 0.15) is 0 Å². The van der Waals surface area contributed by atoms with Gasteiger partial charge in [-0.3, -0.25) is 4.90 Å². The highest BCUT2D eigenvalue weighted by atomic mass is 16.5. The first-order chi connectivity index (χ1) is 8.51. The van der Waals surface area contributed by atoms with Crippen molar-refractivity contribution >= 4 is 0 Å². The molecule has 106 valence electrons. The van der Waals surface area contributed by atoms with E-state index in [2.05, 4.69) is 37.9 Å². The van der Waals surface area contributed by atoms with E-state index in [0.29, 0.717) is 5.54 Å². The van der Waals surface area contributed by atoms with Crippen LogP contribution in [-0.4, -0.2) is 48.8 Å². The third-order valence-corrected chi connectivity index (χ3v) is 5.10. The van der Waals surface area contributed by atoms with Crippen LogP contribution < -0.4 is 5.32 Å². The molecule has 0 aromatic rings. The van der Waals surface area contributed by atoms with Crippen LogP contribution in [0.25, 0.3) is 0 Å². The van der Waals surface area contributed by atoms with Gasteiger partial charge in [-0.1, -0.05) is 13.8 Å². The van der Waals surface area contributed by atoms with Crippen LogP contribution in [0.2, 0.25) is 0 Å². The molecule has 3 nitrogen and oxygen atoms in total. The number of nitrogens with zero attached hydrogens (tertiary/aromatic N) is 1. The summed E-state index contributed by atoms with van der Waals surface area (Å²) < 4.78 is 5.53. The maximum Gasteiger partial charge on any atom is 0.0507 e. The molecule has 0 aromatic carbocycles. The summed E-state index contributed by atoms with van der Waals surface area (Å²) in [4.78, 5) is 2.70. The summed E-state index contributed by atoms with van der Waals surface area (Å²) in [6.07, 6.45) is 3.68. The normalized spacial score (nSPS) is 31.7. The third-order valence-electron chi connectivity index (χ3n) is 5.10. The van der Waals surface area contributed by atoms with E-state index in [1.165, 1.54) is 32.4 Å². The van der Waals surface area contributed by atoms with Crippen molar-refractivity contribution in [2.75, 3.05) is 32.8 Å². The Kier molecular flexibility index (Phi) is 4.35. The smallest absolute Gasteiger partial charge is 0.0507 e. The molecule has 2 aliphatic heterocycles. The Morgan fingerprint density at radius 1 is 1.28 bits per heavy atom. The number of rotatable bonds is 4. The molecular formula is C15H30N2O. The minimum atomic E-state index is 0.274. The topological polar surface area (TPSA) is 24.5 Å². The molecule has 0 saturated carbocycles. The van der Waals surface area contributed by atoms with E-state index < -0.39 is 0 Å². The van der Waals surface area contributed by atoms with Crippen molar-refractivity contribution in [2.45, 2.75) is 58.0 Å². The van der Waals surface area contributed by atoms with Gasteiger partial charge in [0, 0.05) is 37.3 Å². The third kappa shape index (κ3) is 2.89. The van der Waals surface area contributed by atoms with E-state index in [0.717, 1.165) is 25.7 Å². The lowest BCUT2D eigenvalue weighted by Gasteiger charge is -2.52. The van der Waals surface area contributed by atoms with E-state index in [-0.39, 0.29) is 5.54 Å². The Morgan fingerprint density at radius 2 is 2.00 bits per heavy atom. The Balaban J connectivity index is 2.03. The van der Waals surface area contributed by atoms with Crippen molar-refractivity contribution in [2.24, 2.45) is 5.92 Å². The van der Waals surface area contributed by atoms with Crippen molar-refractivity contribution in [3.05, 3.63) is 0 Å². The number of piperazine rings is 1. The summed E-state index contributed by atoms with van der Waals surface area (Å²) in [5, 5.41) is 3.80. The summed E-state index contributed by atoms with van der Waals surface area (Å²) in [6, 6.07) is 0. The first-order valence-electron chi connectivity index (χ1n) is 7.59. The SMILES string of the molecule is CCC1(CC)CN(CC2CCOC2)C(C)(C)CN1. The molecule has 3 heteroatoms. The average Bonchev–Trinajstić information content (AvgIpc) is 2.85. The maximum absolute atomic E-state index is 5.53. The zero-order valence-electron chi connectivity index (χ0n) is 12.6. The summed E-state index contributed by atoms with van der Waals surface area (Å²) in [5.74, 6) is 0.744. The molecule has 2 heterocycles. The lowest BCUT2D eigenvalue weighted by Crippen LogP contribution is -2.68. The van der Waals surface area contributed by atoms with Gasteiger partial charge in [-0.15, -0.1) is 0 Å². The largest absolute Gasteiger partial charge is 0.381 e. The van der Waals surface area contributed by atoms with E-state index in [4.69, 9.17) is 4.74 Å². The summed E-state index contributed by atoms with van der Waals surface area (Å²) in [5.41, 5.74) is 0.603. The van der Waals surface area contributed by atoms with Crippen molar-refractivity contribution in [1.29, 1.82) is 0 Å². The average molecular weight is 254 g/mol. The van der Waals surface area contributed by atoms with Gasteiger partial charge in [0.15, 0.2) is 0 Å². The molecule has 0 spiro atoms. The highest BCUT2D eigenvalue weighted by Gasteiger charge is 2.41. The van der Waals surface area contributed by atoms with Crippen LogP contribution >= 0.6 is 0 Å². The van der Waals surface area contributed by atoms with Crippen LogP contribution in [0.3, 0.4) is 0 Å². The zero-order valence-corrected chi connectivity index (χ0v) is 12.6. The molecule has 0 aliphatic carbocycles. The fourth-order valence-electron chi connectivity index (χ4n) is 3.23. The van der Waals surface area contributed by atoms with Gasteiger partial charge >= 0.3 is 0 Å². The molecular weight excluding hydrogens is 224 g/mol. The lowest BCUT2D eigenvalue weighted by atomic mass is 9.84. The van der Waals surface area contributed by atoms with Gasteiger partial charge in [0.2, 0.25) is 0 Å². The van der Waals surface area contributed by atoms with Crippen LogP contribution in [0.4, 0.5) is 0 Å². The van der Waals surface area contributed by atoms with E-state index in [9.17, 15) is 0 Å². The number of hydrogen-bond acceptors (Lipinski definition) is 3.